The fraction of sp³-hybridized carbons (Fsp3) is 0.182. The Morgan fingerprint density at radius 1 is 1.41 bits per heavy atom. The molecular formula is C11H9ClF3NO. The highest BCUT2D eigenvalue weighted by Gasteiger charge is 2.33. The summed E-state index contributed by atoms with van der Waals surface area (Å²) < 4.78 is 37.5. The fourth-order valence-electron chi connectivity index (χ4n) is 1.16. The highest BCUT2D eigenvalue weighted by molar-refractivity contribution is 6.31. The number of amides is 1. The van der Waals surface area contributed by atoms with E-state index in [1.165, 1.54) is 18.2 Å². The van der Waals surface area contributed by atoms with Crippen molar-refractivity contribution in [1.82, 2.24) is 0 Å². The van der Waals surface area contributed by atoms with Crippen LogP contribution in [-0.2, 0) is 11.0 Å². The summed E-state index contributed by atoms with van der Waals surface area (Å²) in [5.74, 6) is -0.497. The molecule has 1 aromatic rings. The topological polar surface area (TPSA) is 29.1 Å². The van der Waals surface area contributed by atoms with Gasteiger partial charge in [-0.15, -0.1) is 0 Å². The van der Waals surface area contributed by atoms with Gasteiger partial charge in [0.15, 0.2) is 0 Å². The molecule has 2 nitrogen and oxygen atoms in total. The third kappa shape index (κ3) is 3.78. The monoisotopic (exact) mass is 263 g/mol. The van der Waals surface area contributed by atoms with Gasteiger partial charge in [0.2, 0.25) is 5.91 Å². The minimum atomic E-state index is -4.54. The second-order valence-corrected chi connectivity index (χ2v) is 3.59. The van der Waals surface area contributed by atoms with Crippen molar-refractivity contribution in [2.45, 2.75) is 13.1 Å². The molecule has 1 rings (SSSR count). The molecule has 0 aliphatic heterocycles. The van der Waals surface area contributed by atoms with Gasteiger partial charge in [-0.2, -0.15) is 13.2 Å². The molecule has 6 heteroatoms. The van der Waals surface area contributed by atoms with E-state index in [4.69, 9.17) is 11.6 Å². The lowest BCUT2D eigenvalue weighted by molar-refractivity contribution is -0.137. The molecule has 0 bridgehead atoms. The predicted octanol–water partition coefficient (Wildman–Crippen LogP) is 3.87. The van der Waals surface area contributed by atoms with Crippen molar-refractivity contribution < 1.29 is 18.0 Å². The summed E-state index contributed by atoms with van der Waals surface area (Å²) in [5, 5.41) is 1.90. The average molecular weight is 264 g/mol. The Balaban J connectivity index is 3.01. The molecule has 17 heavy (non-hydrogen) atoms. The molecule has 1 N–H and O–H groups in total. The largest absolute Gasteiger partial charge is 0.417 e. The fourth-order valence-corrected chi connectivity index (χ4v) is 1.38. The molecule has 0 aliphatic carbocycles. The Morgan fingerprint density at radius 3 is 2.59 bits per heavy atom. The van der Waals surface area contributed by atoms with Crippen LogP contribution in [0.3, 0.4) is 0 Å². The number of benzene rings is 1. The van der Waals surface area contributed by atoms with Gasteiger partial charge in [0, 0.05) is 5.69 Å². The van der Waals surface area contributed by atoms with E-state index in [1.54, 1.807) is 6.92 Å². The van der Waals surface area contributed by atoms with Crippen LogP contribution in [0.25, 0.3) is 0 Å². The maximum absolute atomic E-state index is 12.5. The van der Waals surface area contributed by atoms with Crippen LogP contribution in [0.1, 0.15) is 12.5 Å². The first-order valence-electron chi connectivity index (χ1n) is 4.65. The summed E-state index contributed by atoms with van der Waals surface area (Å²) in [6, 6.07) is 3.19. The molecule has 0 fully saturated rings. The number of carbonyl (C=O) groups excluding carboxylic acids is 1. The maximum atomic E-state index is 12.5. The van der Waals surface area contributed by atoms with Crippen LogP contribution < -0.4 is 5.32 Å². The molecular weight excluding hydrogens is 255 g/mol. The van der Waals surface area contributed by atoms with Crippen LogP contribution in [0.4, 0.5) is 18.9 Å². The highest BCUT2D eigenvalue weighted by atomic mass is 35.5. The Hall–Kier alpha value is -1.49. The molecule has 0 spiro atoms. The number of alkyl halides is 3. The van der Waals surface area contributed by atoms with Gasteiger partial charge in [-0.25, -0.2) is 0 Å². The quantitative estimate of drug-likeness (QED) is 0.806. The van der Waals surface area contributed by atoms with Crippen molar-refractivity contribution in [2.75, 3.05) is 5.32 Å². The van der Waals surface area contributed by atoms with Gasteiger partial charge in [-0.3, -0.25) is 4.79 Å². The first-order valence-corrected chi connectivity index (χ1v) is 5.03. The van der Waals surface area contributed by atoms with Crippen LogP contribution >= 0.6 is 11.6 Å². The van der Waals surface area contributed by atoms with Gasteiger partial charge in [-0.1, -0.05) is 17.7 Å². The molecule has 1 amide bonds. The second-order valence-electron chi connectivity index (χ2n) is 3.18. The summed E-state index contributed by atoms with van der Waals surface area (Å²) in [5.41, 5.74) is -0.928. The van der Waals surface area contributed by atoms with E-state index in [0.717, 1.165) is 12.1 Å². The van der Waals surface area contributed by atoms with Gasteiger partial charge in [-0.05, 0) is 31.2 Å². The maximum Gasteiger partial charge on any atom is 0.417 e. The predicted molar refractivity (Wildman–Crippen MR) is 59.9 cm³/mol. The van der Waals surface area contributed by atoms with Crippen molar-refractivity contribution in [2.24, 2.45) is 0 Å². The molecule has 0 heterocycles. The number of allylic oxidation sites excluding steroid dienone is 1. The number of hydrogen-bond donors (Lipinski definition) is 1. The molecule has 0 saturated carbocycles. The summed E-state index contributed by atoms with van der Waals surface area (Å²) in [7, 11) is 0. The van der Waals surface area contributed by atoms with E-state index in [9.17, 15) is 18.0 Å². The Kier molecular flexibility index (Phi) is 4.17. The second kappa shape index (κ2) is 5.23. The molecule has 0 radical (unpaired) electrons. The molecule has 0 saturated heterocycles. The Bertz CT molecular complexity index is 455. The van der Waals surface area contributed by atoms with Crippen LogP contribution in [0, 0.1) is 0 Å². The molecule has 0 aliphatic rings. The van der Waals surface area contributed by atoms with Crippen LogP contribution in [0.5, 0.6) is 0 Å². The van der Waals surface area contributed by atoms with Gasteiger partial charge < -0.3 is 5.32 Å². The number of hydrogen-bond acceptors (Lipinski definition) is 1. The highest BCUT2D eigenvalue weighted by Crippen LogP contribution is 2.36. The lowest BCUT2D eigenvalue weighted by Gasteiger charge is -2.11. The van der Waals surface area contributed by atoms with Gasteiger partial charge >= 0.3 is 6.18 Å². The third-order valence-corrected chi connectivity index (χ3v) is 2.19. The lowest BCUT2D eigenvalue weighted by Crippen LogP contribution is -2.10. The number of halogens is 4. The third-order valence-electron chi connectivity index (χ3n) is 1.86. The molecule has 92 valence electrons. The number of anilines is 1. The van der Waals surface area contributed by atoms with E-state index in [0.29, 0.717) is 0 Å². The zero-order chi connectivity index (χ0) is 13.1. The lowest BCUT2D eigenvalue weighted by atomic mass is 10.2. The van der Waals surface area contributed by atoms with Crippen molar-refractivity contribution in [1.29, 1.82) is 0 Å². The van der Waals surface area contributed by atoms with Crippen LogP contribution in [0.2, 0.25) is 5.02 Å². The molecule has 1 aromatic carbocycles. The van der Waals surface area contributed by atoms with Crippen molar-refractivity contribution >= 4 is 23.2 Å². The van der Waals surface area contributed by atoms with Gasteiger partial charge in [0.05, 0.1) is 10.6 Å². The van der Waals surface area contributed by atoms with Crippen molar-refractivity contribution in [3.8, 4) is 0 Å². The minimum absolute atomic E-state index is 0.0461. The minimum Gasteiger partial charge on any atom is -0.323 e. The summed E-state index contributed by atoms with van der Waals surface area (Å²) in [6.07, 6.45) is -1.85. The van der Waals surface area contributed by atoms with Gasteiger partial charge in [0.25, 0.3) is 0 Å². The van der Waals surface area contributed by atoms with Crippen LogP contribution in [0.15, 0.2) is 30.4 Å². The summed E-state index contributed by atoms with van der Waals surface area (Å²) in [4.78, 5) is 11.1. The smallest absolute Gasteiger partial charge is 0.323 e. The van der Waals surface area contributed by atoms with E-state index < -0.39 is 22.7 Å². The normalized spacial score (nSPS) is 11.8. The summed E-state index contributed by atoms with van der Waals surface area (Å²) in [6.45, 7) is 1.63. The Labute approximate surface area is 101 Å². The van der Waals surface area contributed by atoms with Crippen LogP contribution in [-0.4, -0.2) is 5.91 Å². The SMILES string of the molecule is CC=CC(=O)Nc1ccc(Cl)c(C(F)(F)F)c1. The summed E-state index contributed by atoms with van der Waals surface area (Å²) >= 11 is 5.43. The van der Waals surface area contributed by atoms with Crippen molar-refractivity contribution in [3.63, 3.8) is 0 Å². The average Bonchev–Trinajstić information content (AvgIpc) is 2.19. The first kappa shape index (κ1) is 13.6. The van der Waals surface area contributed by atoms with E-state index >= 15 is 0 Å². The standard InChI is InChI=1S/C11H9ClF3NO/c1-2-3-10(17)16-7-4-5-9(12)8(6-7)11(13,14)15/h2-6H,1H3,(H,16,17). The number of nitrogens with one attached hydrogen (secondary N) is 1. The van der Waals surface area contributed by atoms with E-state index in [1.807, 2.05) is 0 Å². The number of rotatable bonds is 2. The molecule has 0 atom stereocenters. The van der Waals surface area contributed by atoms with E-state index in [-0.39, 0.29) is 5.69 Å². The molecule has 0 aromatic heterocycles. The molecule has 0 unspecified atom stereocenters. The zero-order valence-corrected chi connectivity index (χ0v) is 9.56. The Morgan fingerprint density at radius 2 is 2.06 bits per heavy atom. The number of carbonyl (C=O) groups is 1. The zero-order valence-electron chi connectivity index (χ0n) is 8.81. The van der Waals surface area contributed by atoms with Crippen molar-refractivity contribution in [3.05, 3.63) is 40.9 Å². The van der Waals surface area contributed by atoms with Gasteiger partial charge in [0.1, 0.15) is 0 Å². The first-order chi connectivity index (χ1) is 7.84. The van der Waals surface area contributed by atoms with E-state index in [2.05, 4.69) is 5.32 Å².